The standard InChI is InChI=1S/C20H28N4O2S.HI/c1-17-10-12-19(13-11-17)27(25,26)24-16-15-23-20(21-2)22-14-6-9-18-7-4-3-5-8-18;/h3-5,7-8,10-13,24H,6,9,14-16H2,1-2H3,(H2,21,22,23);1H. The number of nitrogens with zero attached hydrogens (tertiary/aromatic N) is 1. The summed E-state index contributed by atoms with van der Waals surface area (Å²) in [5.41, 5.74) is 2.34. The molecule has 0 aliphatic carbocycles. The molecule has 0 spiro atoms. The second-order valence-corrected chi connectivity index (χ2v) is 7.99. The van der Waals surface area contributed by atoms with Gasteiger partial charge in [0.05, 0.1) is 4.90 Å². The molecular weight excluding hydrogens is 487 g/mol. The van der Waals surface area contributed by atoms with Crippen LogP contribution in [0.15, 0.2) is 64.5 Å². The first-order chi connectivity index (χ1) is 13.0. The molecule has 0 bridgehead atoms. The molecule has 0 saturated carbocycles. The van der Waals surface area contributed by atoms with Crippen molar-refractivity contribution in [1.82, 2.24) is 15.4 Å². The van der Waals surface area contributed by atoms with Gasteiger partial charge in [-0.1, -0.05) is 48.0 Å². The quantitative estimate of drug-likeness (QED) is 0.207. The van der Waals surface area contributed by atoms with Gasteiger partial charge in [0.1, 0.15) is 0 Å². The molecule has 0 fully saturated rings. The molecule has 0 radical (unpaired) electrons. The Balaban J connectivity index is 0.00000392. The minimum Gasteiger partial charge on any atom is -0.356 e. The van der Waals surface area contributed by atoms with Crippen molar-refractivity contribution in [2.75, 3.05) is 26.7 Å². The lowest BCUT2D eigenvalue weighted by Crippen LogP contribution is -2.41. The van der Waals surface area contributed by atoms with Crippen LogP contribution in [0.5, 0.6) is 0 Å². The molecule has 28 heavy (non-hydrogen) atoms. The first kappa shape index (κ1) is 24.4. The van der Waals surface area contributed by atoms with E-state index < -0.39 is 10.0 Å². The molecule has 0 atom stereocenters. The molecule has 0 unspecified atom stereocenters. The zero-order valence-electron chi connectivity index (χ0n) is 16.3. The highest BCUT2D eigenvalue weighted by molar-refractivity contribution is 14.0. The van der Waals surface area contributed by atoms with E-state index in [0.29, 0.717) is 12.5 Å². The van der Waals surface area contributed by atoms with Gasteiger partial charge in [-0.3, -0.25) is 4.99 Å². The van der Waals surface area contributed by atoms with E-state index >= 15 is 0 Å². The van der Waals surface area contributed by atoms with Crippen molar-refractivity contribution >= 4 is 40.0 Å². The van der Waals surface area contributed by atoms with E-state index in [9.17, 15) is 8.42 Å². The number of aliphatic imine (C=N–C) groups is 1. The Hall–Kier alpha value is -1.65. The predicted octanol–water partition coefficient (Wildman–Crippen LogP) is 2.69. The van der Waals surface area contributed by atoms with Crippen LogP contribution in [-0.4, -0.2) is 41.1 Å². The van der Waals surface area contributed by atoms with E-state index in [0.717, 1.165) is 24.9 Å². The van der Waals surface area contributed by atoms with Crippen LogP contribution in [0.25, 0.3) is 0 Å². The maximum atomic E-state index is 12.2. The highest BCUT2D eigenvalue weighted by Crippen LogP contribution is 2.09. The summed E-state index contributed by atoms with van der Waals surface area (Å²) in [6, 6.07) is 17.1. The molecular formula is C20H29IN4O2S. The number of halogens is 1. The largest absolute Gasteiger partial charge is 0.356 e. The third kappa shape index (κ3) is 8.57. The van der Waals surface area contributed by atoms with Gasteiger partial charge >= 0.3 is 0 Å². The van der Waals surface area contributed by atoms with E-state index in [1.165, 1.54) is 5.56 Å². The van der Waals surface area contributed by atoms with Gasteiger partial charge < -0.3 is 10.6 Å². The van der Waals surface area contributed by atoms with Crippen LogP contribution in [-0.2, 0) is 16.4 Å². The molecule has 2 aromatic carbocycles. The minimum absolute atomic E-state index is 0. The van der Waals surface area contributed by atoms with Crippen LogP contribution in [0.3, 0.4) is 0 Å². The van der Waals surface area contributed by atoms with E-state index in [1.54, 1.807) is 31.3 Å². The normalized spacial score (nSPS) is 11.6. The van der Waals surface area contributed by atoms with Gasteiger partial charge in [0.2, 0.25) is 10.0 Å². The van der Waals surface area contributed by atoms with Crippen LogP contribution in [0, 0.1) is 6.92 Å². The molecule has 3 N–H and O–H groups in total. The molecule has 2 rings (SSSR count). The predicted molar refractivity (Wildman–Crippen MR) is 126 cm³/mol. The van der Waals surface area contributed by atoms with E-state index in [1.807, 2.05) is 25.1 Å². The summed E-state index contributed by atoms with van der Waals surface area (Å²) in [5, 5.41) is 6.35. The zero-order valence-corrected chi connectivity index (χ0v) is 19.5. The van der Waals surface area contributed by atoms with Gasteiger partial charge in [0.15, 0.2) is 5.96 Å². The molecule has 0 heterocycles. The van der Waals surface area contributed by atoms with Gasteiger partial charge in [0.25, 0.3) is 0 Å². The Labute approximate surface area is 185 Å². The topological polar surface area (TPSA) is 82.6 Å². The Morgan fingerprint density at radius 1 is 0.929 bits per heavy atom. The first-order valence-electron chi connectivity index (χ1n) is 9.06. The summed E-state index contributed by atoms with van der Waals surface area (Å²) in [4.78, 5) is 4.43. The van der Waals surface area contributed by atoms with Gasteiger partial charge in [-0.2, -0.15) is 0 Å². The first-order valence-corrected chi connectivity index (χ1v) is 10.5. The van der Waals surface area contributed by atoms with Crippen molar-refractivity contribution in [3.63, 3.8) is 0 Å². The molecule has 0 aliphatic rings. The molecule has 8 heteroatoms. The fraction of sp³-hybridized carbons (Fsp3) is 0.350. The Kier molecular flexibility index (Phi) is 11.1. The Morgan fingerprint density at radius 2 is 1.57 bits per heavy atom. The summed E-state index contributed by atoms with van der Waals surface area (Å²) >= 11 is 0. The SMILES string of the molecule is CN=C(NCCCc1ccccc1)NCCNS(=O)(=O)c1ccc(C)cc1.I. The summed E-state index contributed by atoms with van der Waals surface area (Å²) < 4.78 is 27.0. The summed E-state index contributed by atoms with van der Waals surface area (Å²) in [7, 11) is -1.79. The number of guanidine groups is 1. The molecule has 6 nitrogen and oxygen atoms in total. The summed E-state index contributed by atoms with van der Waals surface area (Å²) in [5.74, 6) is 0.664. The number of hydrogen-bond donors (Lipinski definition) is 3. The highest BCUT2D eigenvalue weighted by atomic mass is 127. The van der Waals surface area contributed by atoms with Crippen molar-refractivity contribution in [2.45, 2.75) is 24.7 Å². The molecule has 0 aromatic heterocycles. The zero-order chi connectivity index (χ0) is 19.5. The van der Waals surface area contributed by atoms with Gasteiger partial charge in [-0.05, 0) is 37.5 Å². The van der Waals surface area contributed by atoms with Crippen molar-refractivity contribution in [1.29, 1.82) is 0 Å². The number of nitrogens with one attached hydrogen (secondary N) is 3. The monoisotopic (exact) mass is 516 g/mol. The van der Waals surface area contributed by atoms with E-state index in [2.05, 4.69) is 32.5 Å². The molecule has 2 aromatic rings. The lowest BCUT2D eigenvalue weighted by atomic mass is 10.1. The molecule has 154 valence electrons. The maximum absolute atomic E-state index is 12.2. The van der Waals surface area contributed by atoms with Crippen LogP contribution in [0.1, 0.15) is 17.5 Å². The van der Waals surface area contributed by atoms with E-state index in [4.69, 9.17) is 0 Å². The average Bonchev–Trinajstić information content (AvgIpc) is 2.68. The Morgan fingerprint density at radius 3 is 2.21 bits per heavy atom. The fourth-order valence-corrected chi connectivity index (χ4v) is 3.56. The maximum Gasteiger partial charge on any atom is 0.240 e. The highest BCUT2D eigenvalue weighted by Gasteiger charge is 2.12. The third-order valence-electron chi connectivity index (χ3n) is 4.04. The number of hydrogen-bond acceptors (Lipinski definition) is 3. The number of aryl methyl sites for hydroxylation is 2. The van der Waals surface area contributed by atoms with Gasteiger partial charge in [-0.15, -0.1) is 24.0 Å². The molecule has 0 aliphatic heterocycles. The van der Waals surface area contributed by atoms with Crippen molar-refractivity contribution in [3.8, 4) is 0 Å². The Bertz CT molecular complexity index is 825. The smallest absolute Gasteiger partial charge is 0.240 e. The fourth-order valence-electron chi connectivity index (χ4n) is 2.53. The molecule has 0 saturated heterocycles. The number of benzene rings is 2. The van der Waals surface area contributed by atoms with Crippen LogP contribution in [0.4, 0.5) is 0 Å². The third-order valence-corrected chi connectivity index (χ3v) is 5.52. The van der Waals surface area contributed by atoms with Crippen molar-refractivity contribution in [2.24, 2.45) is 4.99 Å². The second kappa shape index (κ2) is 12.7. The van der Waals surface area contributed by atoms with Crippen molar-refractivity contribution < 1.29 is 8.42 Å². The average molecular weight is 516 g/mol. The lowest BCUT2D eigenvalue weighted by Gasteiger charge is -2.12. The minimum atomic E-state index is -3.48. The van der Waals surface area contributed by atoms with E-state index in [-0.39, 0.29) is 35.4 Å². The van der Waals surface area contributed by atoms with Crippen LogP contribution < -0.4 is 15.4 Å². The van der Waals surface area contributed by atoms with Crippen LogP contribution in [0.2, 0.25) is 0 Å². The number of sulfonamides is 1. The van der Waals surface area contributed by atoms with Crippen LogP contribution >= 0.6 is 24.0 Å². The molecule has 0 amide bonds. The van der Waals surface area contributed by atoms with Gasteiger partial charge in [-0.25, -0.2) is 13.1 Å². The summed E-state index contributed by atoms with van der Waals surface area (Å²) in [6.45, 7) is 3.44. The summed E-state index contributed by atoms with van der Waals surface area (Å²) in [6.07, 6.45) is 1.99. The van der Waals surface area contributed by atoms with Gasteiger partial charge in [0, 0.05) is 26.7 Å². The van der Waals surface area contributed by atoms with Crippen molar-refractivity contribution in [3.05, 3.63) is 65.7 Å². The lowest BCUT2D eigenvalue weighted by molar-refractivity contribution is 0.580. The number of rotatable bonds is 9. The second-order valence-electron chi connectivity index (χ2n) is 6.23.